The van der Waals surface area contributed by atoms with Crippen LogP contribution in [0.4, 0.5) is 0 Å². The largest absolute Gasteiger partial charge is 0.276 e. The molecule has 0 aromatic carbocycles. The molecule has 0 saturated heterocycles. The summed E-state index contributed by atoms with van der Waals surface area (Å²) >= 11 is 14.7. The molecule has 0 atom stereocenters. The van der Waals surface area contributed by atoms with E-state index in [2.05, 4.69) is 4.98 Å². The molecule has 12 heavy (non-hydrogen) atoms. The number of carbonyl (C=O) groups excluding carboxylic acids is 1. The van der Waals surface area contributed by atoms with Crippen LogP contribution in [-0.2, 0) is 0 Å². The predicted octanol–water partition coefficient (Wildman–Crippen LogP) is 2.88. The average molecular weight is 226 g/mol. The van der Waals surface area contributed by atoms with Gasteiger partial charge in [0.25, 0.3) is 5.24 Å². The molecule has 2 nitrogen and oxygen atoms in total. The number of pyridine rings is 1. The minimum absolute atomic E-state index is 0.194. The van der Waals surface area contributed by atoms with Crippen molar-refractivity contribution in [1.29, 1.82) is 0 Å². The van der Waals surface area contributed by atoms with Gasteiger partial charge in [0.15, 0.2) is 0 Å². The third-order valence-electron chi connectivity index (χ3n) is 0.888. The molecule has 0 aliphatic carbocycles. The molecule has 1 aromatic heterocycles. The van der Waals surface area contributed by atoms with Gasteiger partial charge in [-0.3, -0.25) is 9.78 Å². The lowest BCUT2D eigenvalue weighted by atomic mass is 10.3. The monoisotopic (exact) mass is 225 g/mol. The number of rotatable bonds is 1. The lowest BCUT2D eigenvalue weighted by molar-refractivity contribution is 0.108. The van der Waals surface area contributed by atoms with Gasteiger partial charge in [-0.1, -0.05) is 0 Å². The molecule has 0 amide bonds. The minimum Gasteiger partial charge on any atom is -0.276 e. The Balaban J connectivity index is 0.000000354. The molecule has 1 heterocycles. The van der Waals surface area contributed by atoms with Gasteiger partial charge < -0.3 is 0 Å². The summed E-state index contributed by atoms with van der Waals surface area (Å²) in [5.74, 6) is 0. The molecule has 66 valence electrons. The van der Waals surface area contributed by atoms with Crippen LogP contribution >= 0.6 is 34.8 Å². The van der Waals surface area contributed by atoms with Gasteiger partial charge in [0, 0.05) is 12.4 Å². The number of halogens is 3. The van der Waals surface area contributed by atoms with E-state index in [1.807, 2.05) is 0 Å². The Morgan fingerprint density at radius 1 is 1.50 bits per heavy atom. The zero-order valence-corrected chi connectivity index (χ0v) is 8.27. The van der Waals surface area contributed by atoms with E-state index in [1.54, 1.807) is 18.3 Å². The van der Waals surface area contributed by atoms with Crippen molar-refractivity contribution in [3.63, 3.8) is 0 Å². The van der Waals surface area contributed by atoms with Crippen molar-refractivity contribution in [2.75, 3.05) is 5.34 Å². The number of hydrogen-bond acceptors (Lipinski definition) is 2. The molecular formula is C7H6Cl3NO. The Kier molecular flexibility index (Phi) is 7.16. The van der Waals surface area contributed by atoms with Crippen LogP contribution in [0.3, 0.4) is 0 Å². The first-order valence-corrected chi connectivity index (χ1v) is 4.39. The zero-order valence-electron chi connectivity index (χ0n) is 6.01. The van der Waals surface area contributed by atoms with Crippen molar-refractivity contribution in [3.05, 3.63) is 30.1 Å². The first kappa shape index (κ1) is 11.7. The Bertz CT molecular complexity index is 227. The molecule has 0 fully saturated rings. The van der Waals surface area contributed by atoms with Gasteiger partial charge in [-0.25, -0.2) is 0 Å². The van der Waals surface area contributed by atoms with Crippen LogP contribution in [0.2, 0.25) is 0 Å². The third kappa shape index (κ3) is 5.35. The summed E-state index contributed by atoms with van der Waals surface area (Å²) in [4.78, 5) is 14.1. The lowest BCUT2D eigenvalue weighted by Gasteiger charge is -1.86. The second-order valence-electron chi connectivity index (χ2n) is 1.62. The summed E-state index contributed by atoms with van der Waals surface area (Å²) in [5.41, 5.74) is 0.430. The Morgan fingerprint density at radius 2 is 2.08 bits per heavy atom. The average Bonchev–Trinajstić information content (AvgIpc) is 2.07. The van der Waals surface area contributed by atoms with Crippen LogP contribution in [0.5, 0.6) is 0 Å². The maximum Gasteiger partial charge on any atom is 0.253 e. The highest BCUT2D eigenvalue weighted by molar-refractivity contribution is 6.67. The van der Waals surface area contributed by atoms with Gasteiger partial charge in [-0.2, -0.15) is 0 Å². The van der Waals surface area contributed by atoms with E-state index in [0.717, 1.165) is 0 Å². The molecule has 0 aliphatic rings. The normalized spacial score (nSPS) is 8.25. The number of hydrogen-bond donors (Lipinski definition) is 0. The maximum atomic E-state index is 10.4. The second-order valence-corrected chi connectivity index (χ2v) is 2.77. The fraction of sp³-hybridized carbons (Fsp3) is 0.143. The van der Waals surface area contributed by atoms with Crippen LogP contribution in [0.25, 0.3) is 0 Å². The van der Waals surface area contributed by atoms with E-state index in [-0.39, 0.29) is 5.34 Å². The molecule has 0 spiro atoms. The molecule has 0 bridgehead atoms. The van der Waals surface area contributed by atoms with Crippen molar-refractivity contribution in [3.8, 4) is 0 Å². The van der Waals surface area contributed by atoms with Crippen LogP contribution in [0, 0.1) is 0 Å². The summed E-state index contributed by atoms with van der Waals surface area (Å²) in [7, 11) is 0. The quantitative estimate of drug-likeness (QED) is 0.544. The van der Waals surface area contributed by atoms with Crippen molar-refractivity contribution < 1.29 is 4.79 Å². The van der Waals surface area contributed by atoms with Crippen molar-refractivity contribution >= 4 is 40.0 Å². The molecule has 0 unspecified atom stereocenters. The van der Waals surface area contributed by atoms with Crippen molar-refractivity contribution in [1.82, 2.24) is 4.98 Å². The summed E-state index contributed by atoms with van der Waals surface area (Å²) in [6.07, 6.45) is 3.01. The summed E-state index contributed by atoms with van der Waals surface area (Å²) in [5, 5.41) is -0.275. The lowest BCUT2D eigenvalue weighted by Crippen LogP contribution is -1.87. The van der Waals surface area contributed by atoms with Gasteiger partial charge >= 0.3 is 0 Å². The van der Waals surface area contributed by atoms with Gasteiger partial charge in [-0.05, 0) is 23.7 Å². The second kappa shape index (κ2) is 7.35. The van der Waals surface area contributed by atoms with Gasteiger partial charge in [-0.15, -0.1) is 23.2 Å². The molecule has 5 heteroatoms. The fourth-order valence-electron chi connectivity index (χ4n) is 0.479. The zero-order chi connectivity index (χ0) is 9.40. The maximum absolute atomic E-state index is 10.4. The number of nitrogens with zero attached hydrogens (tertiary/aromatic N) is 1. The summed E-state index contributed by atoms with van der Waals surface area (Å²) in [6, 6.07) is 3.28. The highest BCUT2D eigenvalue weighted by atomic mass is 35.5. The third-order valence-corrected chi connectivity index (χ3v) is 1.11. The first-order chi connectivity index (χ1) is 5.72. The van der Waals surface area contributed by atoms with Crippen molar-refractivity contribution in [2.45, 2.75) is 0 Å². The number of aromatic nitrogens is 1. The van der Waals surface area contributed by atoms with Crippen LogP contribution < -0.4 is 0 Å². The van der Waals surface area contributed by atoms with E-state index < -0.39 is 5.24 Å². The van der Waals surface area contributed by atoms with E-state index in [1.165, 1.54) is 6.20 Å². The molecule has 0 saturated carbocycles. The van der Waals surface area contributed by atoms with Crippen LogP contribution in [-0.4, -0.2) is 15.6 Å². The Hall–Kier alpha value is -0.310. The van der Waals surface area contributed by atoms with E-state index in [4.69, 9.17) is 34.8 Å². The summed E-state index contributed by atoms with van der Waals surface area (Å²) < 4.78 is 0. The van der Waals surface area contributed by atoms with Gasteiger partial charge in [0.05, 0.1) is 10.9 Å². The molecule has 0 aliphatic heterocycles. The standard InChI is InChI=1S/C6H4ClNO.CH2Cl2/c7-6(9)5-2-1-3-8-4-5;2-1-3/h1-4H;1H2. The Morgan fingerprint density at radius 3 is 2.33 bits per heavy atom. The molecule has 0 radical (unpaired) electrons. The fourth-order valence-corrected chi connectivity index (χ4v) is 0.591. The number of carbonyl (C=O) groups is 1. The topological polar surface area (TPSA) is 30.0 Å². The molecule has 1 aromatic rings. The smallest absolute Gasteiger partial charge is 0.253 e. The SMILES string of the molecule is ClCCl.O=C(Cl)c1cccnc1. The molecule has 0 N–H and O–H groups in total. The van der Waals surface area contributed by atoms with Gasteiger partial charge in [0.1, 0.15) is 0 Å². The highest BCUT2D eigenvalue weighted by Crippen LogP contribution is 1.98. The van der Waals surface area contributed by atoms with Crippen LogP contribution in [0.1, 0.15) is 10.4 Å². The number of alkyl halides is 2. The van der Waals surface area contributed by atoms with E-state index in [9.17, 15) is 4.79 Å². The first-order valence-electron chi connectivity index (χ1n) is 2.94. The highest BCUT2D eigenvalue weighted by Gasteiger charge is 1.96. The van der Waals surface area contributed by atoms with Crippen LogP contribution in [0.15, 0.2) is 24.5 Å². The summed E-state index contributed by atoms with van der Waals surface area (Å²) in [6.45, 7) is 0. The van der Waals surface area contributed by atoms with Gasteiger partial charge in [0.2, 0.25) is 0 Å². The van der Waals surface area contributed by atoms with E-state index in [0.29, 0.717) is 5.56 Å². The Labute approximate surface area is 85.5 Å². The van der Waals surface area contributed by atoms with Crippen molar-refractivity contribution in [2.24, 2.45) is 0 Å². The van der Waals surface area contributed by atoms with E-state index >= 15 is 0 Å². The molecular weight excluding hydrogens is 220 g/mol. The minimum atomic E-state index is -0.469. The molecule has 1 rings (SSSR count). The predicted molar refractivity (Wildman–Crippen MR) is 51.0 cm³/mol.